The number of rotatable bonds is 7. The average molecular weight is 567 g/mol. The number of anilines is 6. The Kier molecular flexibility index (Phi) is 8.05. The summed E-state index contributed by atoms with van der Waals surface area (Å²) in [4.78, 5) is 26.4. The second-order valence-corrected chi connectivity index (χ2v) is 10.0. The van der Waals surface area contributed by atoms with Gasteiger partial charge in [-0.2, -0.15) is 4.98 Å². The number of hydrogen-bond donors (Lipinski definition) is 3. The van der Waals surface area contributed by atoms with Crippen LogP contribution in [0.25, 0.3) is 0 Å². The van der Waals surface area contributed by atoms with E-state index in [1.165, 1.54) is 30.6 Å². The number of benzene rings is 2. The van der Waals surface area contributed by atoms with E-state index in [0.717, 1.165) is 45.1 Å². The number of carbonyl (C=O) groups is 1. The predicted octanol–water partition coefficient (Wildman–Crippen LogP) is 4.91. The number of nitrogens with zero attached hydrogens (tertiary/aromatic N) is 4. The molecule has 2 aromatic carbocycles. The molecular weight excluding hydrogens is 534 g/mol. The van der Waals surface area contributed by atoms with Crippen molar-refractivity contribution in [3.8, 4) is 0 Å². The molecule has 0 saturated carbocycles. The molecule has 37 heavy (non-hydrogen) atoms. The zero-order valence-electron chi connectivity index (χ0n) is 21.0. The number of aromatic nitrogens is 2. The molecule has 0 unspecified atom stereocenters. The van der Waals surface area contributed by atoms with E-state index in [1.807, 2.05) is 18.2 Å². The normalized spacial score (nSPS) is 15.8. The van der Waals surface area contributed by atoms with Gasteiger partial charge in [0.05, 0.1) is 28.9 Å². The number of hydrogen-bond acceptors (Lipinski definition) is 8. The number of morpholine rings is 1. The first-order chi connectivity index (χ1) is 18.1. The maximum atomic E-state index is 12.3. The second kappa shape index (κ2) is 11.8. The number of ether oxygens (including phenoxy) is 1. The lowest BCUT2D eigenvalue weighted by atomic mass is 10.1. The lowest BCUT2D eigenvalue weighted by Gasteiger charge is -2.33. The minimum Gasteiger partial charge on any atom is -0.378 e. The van der Waals surface area contributed by atoms with Crippen molar-refractivity contribution in [3.63, 3.8) is 0 Å². The quantitative estimate of drug-likeness (QED) is 0.372. The second-order valence-electron chi connectivity index (χ2n) is 9.15. The highest BCUT2D eigenvalue weighted by Gasteiger charge is 2.18. The minimum absolute atomic E-state index is 0.170. The Labute approximate surface area is 225 Å². The van der Waals surface area contributed by atoms with Gasteiger partial charge in [0.15, 0.2) is 0 Å². The molecule has 194 valence electrons. The Morgan fingerprint density at radius 3 is 2.38 bits per heavy atom. The highest BCUT2D eigenvalue weighted by Crippen LogP contribution is 2.32. The van der Waals surface area contributed by atoms with Crippen LogP contribution in [-0.2, 0) is 4.74 Å². The monoisotopic (exact) mass is 565 g/mol. The van der Waals surface area contributed by atoms with E-state index in [1.54, 1.807) is 19.3 Å². The average Bonchev–Trinajstić information content (AvgIpc) is 2.95. The Morgan fingerprint density at radius 1 is 0.946 bits per heavy atom. The number of nitrogens with one attached hydrogen (secondary N) is 3. The first-order valence-electron chi connectivity index (χ1n) is 12.7. The van der Waals surface area contributed by atoms with Gasteiger partial charge in [0.1, 0.15) is 5.82 Å². The SMILES string of the molecule is CNC(=O)c1ccccc1Nc1nc(Nc2cc(N3CCCCC3)cc(N3CCOCC3)c2)ncc1Br. The molecule has 2 saturated heterocycles. The third-order valence-electron chi connectivity index (χ3n) is 6.65. The fraction of sp³-hybridized carbons (Fsp3) is 0.370. The van der Waals surface area contributed by atoms with Crippen LogP contribution in [0.3, 0.4) is 0 Å². The van der Waals surface area contributed by atoms with E-state index in [4.69, 9.17) is 9.72 Å². The highest BCUT2D eigenvalue weighted by molar-refractivity contribution is 9.10. The number of amides is 1. The molecule has 3 N–H and O–H groups in total. The van der Waals surface area contributed by atoms with Crippen LogP contribution in [0.4, 0.5) is 34.5 Å². The van der Waals surface area contributed by atoms with Crippen molar-refractivity contribution in [3.05, 3.63) is 58.7 Å². The standard InChI is InChI=1S/C27H32BrN7O2/c1-29-26(36)22-7-3-4-8-24(22)32-25-23(28)18-30-27(33-25)31-19-15-20(34-9-5-2-6-10-34)17-21(16-19)35-11-13-37-14-12-35/h3-4,7-8,15-18H,2,5-6,9-14H2,1H3,(H,29,36)(H2,30,31,32,33). The maximum Gasteiger partial charge on any atom is 0.253 e. The van der Waals surface area contributed by atoms with Crippen molar-refractivity contribution in [1.82, 2.24) is 15.3 Å². The van der Waals surface area contributed by atoms with Crippen LogP contribution in [0.15, 0.2) is 53.1 Å². The molecule has 3 aromatic rings. The maximum absolute atomic E-state index is 12.3. The van der Waals surface area contributed by atoms with Crippen molar-refractivity contribution in [2.45, 2.75) is 19.3 Å². The van der Waals surface area contributed by atoms with Crippen molar-refractivity contribution < 1.29 is 9.53 Å². The Hall–Kier alpha value is -3.37. The molecule has 0 bridgehead atoms. The topological polar surface area (TPSA) is 94.6 Å². The summed E-state index contributed by atoms with van der Waals surface area (Å²) >= 11 is 3.54. The minimum atomic E-state index is -0.170. The van der Waals surface area contributed by atoms with Crippen LogP contribution < -0.4 is 25.8 Å². The third-order valence-corrected chi connectivity index (χ3v) is 7.23. The predicted molar refractivity (Wildman–Crippen MR) is 152 cm³/mol. The number of piperidine rings is 1. The largest absolute Gasteiger partial charge is 0.378 e. The number of para-hydroxylation sites is 1. The zero-order chi connectivity index (χ0) is 25.6. The van der Waals surface area contributed by atoms with E-state index < -0.39 is 0 Å². The molecule has 3 heterocycles. The van der Waals surface area contributed by atoms with Gasteiger partial charge in [0, 0.05) is 56.5 Å². The molecule has 0 atom stereocenters. The van der Waals surface area contributed by atoms with Crippen molar-refractivity contribution in [1.29, 1.82) is 0 Å². The van der Waals surface area contributed by atoms with Gasteiger partial charge in [-0.3, -0.25) is 4.79 Å². The summed E-state index contributed by atoms with van der Waals surface area (Å²) in [5, 5.41) is 9.38. The summed E-state index contributed by atoms with van der Waals surface area (Å²) in [6.07, 6.45) is 5.42. The van der Waals surface area contributed by atoms with Gasteiger partial charge in [-0.15, -0.1) is 0 Å². The molecule has 2 aliphatic heterocycles. The van der Waals surface area contributed by atoms with Crippen LogP contribution in [0, 0.1) is 0 Å². The summed E-state index contributed by atoms with van der Waals surface area (Å²) in [7, 11) is 1.62. The van der Waals surface area contributed by atoms with Crippen molar-refractivity contribution in [2.75, 3.05) is 66.9 Å². The van der Waals surface area contributed by atoms with E-state index in [0.29, 0.717) is 27.5 Å². The molecule has 5 rings (SSSR count). The fourth-order valence-corrected chi connectivity index (χ4v) is 4.99. The van der Waals surface area contributed by atoms with Gasteiger partial charge in [0.25, 0.3) is 5.91 Å². The molecule has 2 aliphatic rings. The third kappa shape index (κ3) is 6.14. The molecule has 2 fully saturated rings. The lowest BCUT2D eigenvalue weighted by molar-refractivity contribution is 0.0964. The number of carbonyl (C=O) groups excluding carboxylic acids is 1. The Bertz CT molecular complexity index is 1210. The van der Waals surface area contributed by atoms with Crippen LogP contribution in [0.2, 0.25) is 0 Å². The van der Waals surface area contributed by atoms with E-state index in [-0.39, 0.29) is 5.91 Å². The van der Waals surface area contributed by atoms with Crippen molar-refractivity contribution in [2.24, 2.45) is 0 Å². The summed E-state index contributed by atoms with van der Waals surface area (Å²) in [5.74, 6) is 0.859. The van der Waals surface area contributed by atoms with E-state index in [2.05, 4.69) is 64.9 Å². The van der Waals surface area contributed by atoms with Gasteiger partial charge < -0.3 is 30.5 Å². The zero-order valence-corrected chi connectivity index (χ0v) is 22.6. The van der Waals surface area contributed by atoms with Gasteiger partial charge in [-0.25, -0.2) is 4.98 Å². The lowest BCUT2D eigenvalue weighted by Crippen LogP contribution is -2.36. The summed E-state index contributed by atoms with van der Waals surface area (Å²) in [6, 6.07) is 13.9. The summed E-state index contributed by atoms with van der Waals surface area (Å²) in [6.45, 7) is 5.35. The molecule has 0 spiro atoms. The van der Waals surface area contributed by atoms with Gasteiger partial charge in [-0.1, -0.05) is 12.1 Å². The molecule has 9 nitrogen and oxygen atoms in total. The molecule has 1 aromatic heterocycles. The highest BCUT2D eigenvalue weighted by atomic mass is 79.9. The smallest absolute Gasteiger partial charge is 0.253 e. The molecule has 10 heteroatoms. The van der Waals surface area contributed by atoms with Crippen LogP contribution in [-0.4, -0.2) is 62.3 Å². The van der Waals surface area contributed by atoms with E-state index in [9.17, 15) is 4.79 Å². The molecule has 0 radical (unpaired) electrons. The fourth-order valence-electron chi connectivity index (χ4n) is 4.70. The molecule has 0 aliphatic carbocycles. The van der Waals surface area contributed by atoms with Crippen LogP contribution >= 0.6 is 15.9 Å². The van der Waals surface area contributed by atoms with Gasteiger partial charge >= 0.3 is 0 Å². The van der Waals surface area contributed by atoms with Gasteiger partial charge in [0.2, 0.25) is 5.95 Å². The van der Waals surface area contributed by atoms with Crippen molar-refractivity contribution >= 4 is 56.4 Å². The Balaban J connectivity index is 1.43. The van der Waals surface area contributed by atoms with Crippen LogP contribution in [0.5, 0.6) is 0 Å². The molecular formula is C27H32BrN7O2. The van der Waals surface area contributed by atoms with E-state index >= 15 is 0 Å². The molecule has 1 amide bonds. The number of halogens is 1. The van der Waals surface area contributed by atoms with Gasteiger partial charge in [-0.05, 0) is 65.5 Å². The van der Waals surface area contributed by atoms with Crippen LogP contribution in [0.1, 0.15) is 29.6 Å². The Morgan fingerprint density at radius 2 is 1.65 bits per heavy atom. The summed E-state index contributed by atoms with van der Waals surface area (Å²) < 4.78 is 6.27. The first-order valence-corrected chi connectivity index (χ1v) is 13.5. The summed E-state index contributed by atoms with van der Waals surface area (Å²) in [5.41, 5.74) is 4.51. The first kappa shape index (κ1) is 25.3.